The molecule has 0 radical (unpaired) electrons. The van der Waals surface area contributed by atoms with Crippen molar-refractivity contribution >= 4 is 63.8 Å². The van der Waals surface area contributed by atoms with Crippen molar-refractivity contribution in [3.63, 3.8) is 0 Å². The number of thioether (sulfide) groups is 1. The van der Waals surface area contributed by atoms with E-state index >= 15 is 0 Å². The molecule has 1 saturated heterocycles. The summed E-state index contributed by atoms with van der Waals surface area (Å²) >= 11 is 18.9. The molecule has 2 amide bonds. The van der Waals surface area contributed by atoms with Crippen molar-refractivity contribution in [1.82, 2.24) is 4.90 Å². The summed E-state index contributed by atoms with van der Waals surface area (Å²) in [5.74, 6) is -0.290. The van der Waals surface area contributed by atoms with Gasteiger partial charge in [0.1, 0.15) is 18.2 Å². The molecule has 168 valence electrons. The molecular formula is C24H15Cl3FNO3S. The molecule has 1 fully saturated rings. The molecule has 0 spiro atoms. The molecule has 1 aliphatic heterocycles. The predicted octanol–water partition coefficient (Wildman–Crippen LogP) is 7.60. The standard InChI is InChI=1S/C24H15Cl3FNO3S/c25-17-5-3-16(20(26)10-17)13-32-19-7-1-14(2-8-19)9-22-23(30)29(24(31)33-22)12-15-4-6-18(28)11-21(15)27/h1-11H,12-13H2/b22-9+. The third-order valence-corrected chi connectivity index (χ3v) is 6.65. The zero-order chi connectivity index (χ0) is 23.5. The van der Waals surface area contributed by atoms with Crippen LogP contribution in [-0.4, -0.2) is 16.0 Å². The Hall–Kier alpha value is -2.51. The molecule has 0 saturated carbocycles. The Balaban J connectivity index is 1.42. The van der Waals surface area contributed by atoms with Gasteiger partial charge in [0.2, 0.25) is 0 Å². The summed E-state index contributed by atoms with van der Waals surface area (Å²) in [6, 6.07) is 16.1. The zero-order valence-corrected chi connectivity index (χ0v) is 19.9. The van der Waals surface area contributed by atoms with Crippen LogP contribution in [0.5, 0.6) is 5.75 Å². The van der Waals surface area contributed by atoms with E-state index in [0.717, 1.165) is 33.9 Å². The minimum absolute atomic E-state index is 0.0266. The average molecular weight is 523 g/mol. The summed E-state index contributed by atoms with van der Waals surface area (Å²) in [5, 5.41) is 0.829. The van der Waals surface area contributed by atoms with Gasteiger partial charge in [-0.3, -0.25) is 14.5 Å². The second-order valence-electron chi connectivity index (χ2n) is 7.10. The van der Waals surface area contributed by atoms with Gasteiger partial charge in [0.05, 0.1) is 11.4 Å². The lowest BCUT2D eigenvalue weighted by Crippen LogP contribution is -2.27. The molecular weight excluding hydrogens is 508 g/mol. The number of ether oxygens (including phenoxy) is 1. The first kappa shape index (κ1) is 23.6. The second kappa shape index (κ2) is 10.2. The highest BCUT2D eigenvalue weighted by atomic mass is 35.5. The average Bonchev–Trinajstić information content (AvgIpc) is 3.03. The Labute approximate surface area is 208 Å². The van der Waals surface area contributed by atoms with Crippen molar-refractivity contribution in [2.24, 2.45) is 0 Å². The van der Waals surface area contributed by atoms with E-state index in [0.29, 0.717) is 26.3 Å². The monoisotopic (exact) mass is 521 g/mol. The van der Waals surface area contributed by atoms with E-state index in [-0.39, 0.29) is 18.2 Å². The van der Waals surface area contributed by atoms with Gasteiger partial charge in [0, 0.05) is 20.6 Å². The Morgan fingerprint density at radius 3 is 2.30 bits per heavy atom. The molecule has 0 aliphatic carbocycles. The van der Waals surface area contributed by atoms with Crippen molar-refractivity contribution in [3.8, 4) is 5.75 Å². The van der Waals surface area contributed by atoms with Crippen LogP contribution >= 0.6 is 46.6 Å². The van der Waals surface area contributed by atoms with E-state index in [1.807, 2.05) is 0 Å². The van der Waals surface area contributed by atoms with Crippen LogP contribution in [0.1, 0.15) is 16.7 Å². The number of benzene rings is 3. The van der Waals surface area contributed by atoms with E-state index in [2.05, 4.69) is 0 Å². The molecule has 0 aromatic heterocycles. The maximum atomic E-state index is 13.2. The van der Waals surface area contributed by atoms with Crippen LogP contribution in [0, 0.1) is 5.82 Å². The number of halogens is 4. The van der Waals surface area contributed by atoms with Gasteiger partial charge in [-0.15, -0.1) is 0 Å². The fourth-order valence-corrected chi connectivity index (χ4v) is 4.60. The summed E-state index contributed by atoms with van der Waals surface area (Å²) in [7, 11) is 0. The van der Waals surface area contributed by atoms with Gasteiger partial charge in [-0.2, -0.15) is 0 Å². The van der Waals surface area contributed by atoms with Crippen molar-refractivity contribution in [2.75, 3.05) is 0 Å². The maximum Gasteiger partial charge on any atom is 0.293 e. The van der Waals surface area contributed by atoms with Crippen molar-refractivity contribution in [3.05, 3.63) is 103 Å². The lowest BCUT2D eigenvalue weighted by Gasteiger charge is -2.13. The number of hydrogen-bond donors (Lipinski definition) is 0. The molecule has 4 rings (SSSR count). The van der Waals surface area contributed by atoms with Crippen molar-refractivity contribution < 1.29 is 18.7 Å². The quantitative estimate of drug-likeness (QED) is 0.313. The summed E-state index contributed by atoms with van der Waals surface area (Å²) < 4.78 is 19.0. The number of amides is 2. The van der Waals surface area contributed by atoms with Crippen molar-refractivity contribution in [1.29, 1.82) is 0 Å². The van der Waals surface area contributed by atoms with Gasteiger partial charge in [0.15, 0.2) is 0 Å². The molecule has 0 atom stereocenters. The largest absolute Gasteiger partial charge is 0.489 e. The Bertz CT molecular complexity index is 1260. The fourth-order valence-electron chi connectivity index (χ4n) is 3.07. The molecule has 3 aromatic rings. The van der Waals surface area contributed by atoms with Gasteiger partial charge in [-0.1, -0.05) is 59.1 Å². The van der Waals surface area contributed by atoms with E-state index in [1.165, 1.54) is 12.1 Å². The van der Waals surface area contributed by atoms with Crippen LogP contribution < -0.4 is 4.74 Å². The highest BCUT2D eigenvalue weighted by Gasteiger charge is 2.35. The summed E-state index contributed by atoms with van der Waals surface area (Å²) in [6.45, 7) is 0.251. The Kier molecular flexibility index (Phi) is 7.29. The van der Waals surface area contributed by atoms with E-state index < -0.39 is 17.0 Å². The number of carbonyl (C=O) groups excluding carboxylic acids is 2. The molecule has 9 heteroatoms. The number of rotatable bonds is 6. The fraction of sp³-hybridized carbons (Fsp3) is 0.0833. The SMILES string of the molecule is O=C1S/C(=C/c2ccc(OCc3ccc(Cl)cc3Cl)cc2)C(=O)N1Cc1ccc(F)cc1Cl. The van der Waals surface area contributed by atoms with E-state index in [9.17, 15) is 14.0 Å². The molecule has 0 unspecified atom stereocenters. The predicted molar refractivity (Wildman–Crippen MR) is 130 cm³/mol. The van der Waals surface area contributed by atoms with Gasteiger partial charge in [-0.25, -0.2) is 4.39 Å². The molecule has 1 heterocycles. The molecule has 33 heavy (non-hydrogen) atoms. The Morgan fingerprint density at radius 2 is 1.61 bits per heavy atom. The summed E-state index contributed by atoms with van der Waals surface area (Å²) in [6.07, 6.45) is 1.64. The molecule has 1 aliphatic rings. The van der Waals surface area contributed by atoms with Crippen LogP contribution in [0.2, 0.25) is 15.1 Å². The number of nitrogens with zero attached hydrogens (tertiary/aromatic N) is 1. The van der Waals surface area contributed by atoms with Gasteiger partial charge in [0.25, 0.3) is 11.1 Å². The smallest absolute Gasteiger partial charge is 0.293 e. The Morgan fingerprint density at radius 1 is 0.909 bits per heavy atom. The highest BCUT2D eigenvalue weighted by Crippen LogP contribution is 2.34. The van der Waals surface area contributed by atoms with Crippen LogP contribution in [0.3, 0.4) is 0 Å². The van der Waals surface area contributed by atoms with Crippen molar-refractivity contribution in [2.45, 2.75) is 13.2 Å². The first-order chi connectivity index (χ1) is 15.8. The minimum atomic E-state index is -0.485. The van der Waals surface area contributed by atoms with Gasteiger partial charge in [-0.05, 0) is 65.4 Å². The lowest BCUT2D eigenvalue weighted by atomic mass is 10.2. The second-order valence-corrected chi connectivity index (χ2v) is 9.34. The van der Waals surface area contributed by atoms with Crippen LogP contribution in [0.15, 0.2) is 65.6 Å². The molecule has 0 N–H and O–H groups in total. The van der Waals surface area contributed by atoms with E-state index in [1.54, 1.807) is 48.5 Å². The van der Waals surface area contributed by atoms with Crippen LogP contribution in [0.25, 0.3) is 6.08 Å². The topological polar surface area (TPSA) is 46.6 Å². The summed E-state index contributed by atoms with van der Waals surface area (Å²) in [4.78, 5) is 26.5. The molecule has 0 bridgehead atoms. The third-order valence-electron chi connectivity index (χ3n) is 4.80. The minimum Gasteiger partial charge on any atom is -0.489 e. The first-order valence-corrected chi connectivity index (χ1v) is 11.6. The lowest BCUT2D eigenvalue weighted by molar-refractivity contribution is -0.123. The number of imide groups is 1. The first-order valence-electron chi connectivity index (χ1n) is 9.66. The normalized spacial score (nSPS) is 14.9. The zero-order valence-electron chi connectivity index (χ0n) is 16.9. The summed E-state index contributed by atoms with van der Waals surface area (Å²) in [5.41, 5.74) is 2.03. The number of carbonyl (C=O) groups is 2. The van der Waals surface area contributed by atoms with Gasteiger partial charge < -0.3 is 4.74 Å². The maximum absolute atomic E-state index is 13.2. The van der Waals surface area contributed by atoms with Crippen LogP contribution in [-0.2, 0) is 17.9 Å². The molecule has 4 nitrogen and oxygen atoms in total. The number of hydrogen-bond acceptors (Lipinski definition) is 4. The van der Waals surface area contributed by atoms with Crippen LogP contribution in [0.4, 0.5) is 9.18 Å². The highest BCUT2D eigenvalue weighted by molar-refractivity contribution is 8.18. The third kappa shape index (κ3) is 5.71. The van der Waals surface area contributed by atoms with E-state index in [4.69, 9.17) is 39.5 Å². The molecule has 3 aromatic carbocycles. The van der Waals surface area contributed by atoms with Gasteiger partial charge >= 0.3 is 0 Å².